The zero-order valence-electron chi connectivity index (χ0n) is 9.61. The number of aliphatic carboxylic acids is 1. The van der Waals surface area contributed by atoms with Crippen molar-refractivity contribution < 1.29 is 18.3 Å². The monoisotopic (exact) mass is 274 g/mol. The largest absolute Gasteiger partial charge is 0.480 e. The van der Waals surface area contributed by atoms with E-state index in [0.29, 0.717) is 13.1 Å². The molecule has 0 aromatic carbocycles. The van der Waals surface area contributed by atoms with Gasteiger partial charge in [-0.2, -0.15) is 9.40 Å². The highest BCUT2D eigenvalue weighted by Crippen LogP contribution is 2.14. The van der Waals surface area contributed by atoms with Crippen LogP contribution in [0.15, 0.2) is 17.3 Å². The van der Waals surface area contributed by atoms with E-state index in [9.17, 15) is 13.2 Å². The number of carboxylic acid groups (broad SMARTS) is 1. The van der Waals surface area contributed by atoms with E-state index in [-0.39, 0.29) is 24.7 Å². The summed E-state index contributed by atoms with van der Waals surface area (Å²) in [4.78, 5) is 12.3. The summed E-state index contributed by atoms with van der Waals surface area (Å²) < 4.78 is 25.5. The number of nitrogens with one attached hydrogen (secondary N) is 1. The first kappa shape index (κ1) is 13.0. The van der Waals surface area contributed by atoms with Crippen molar-refractivity contribution >= 4 is 16.0 Å². The predicted octanol–water partition coefficient (Wildman–Crippen LogP) is -1.20. The molecule has 2 N–H and O–H groups in total. The molecule has 2 heterocycles. The molecule has 8 nitrogen and oxygen atoms in total. The fourth-order valence-corrected chi connectivity index (χ4v) is 3.17. The Kier molecular flexibility index (Phi) is 3.64. The van der Waals surface area contributed by atoms with Crippen LogP contribution in [0.25, 0.3) is 0 Å². The first-order valence-corrected chi connectivity index (χ1v) is 6.88. The second kappa shape index (κ2) is 5.04. The molecule has 0 radical (unpaired) electrons. The Morgan fingerprint density at radius 2 is 2.06 bits per heavy atom. The average molecular weight is 274 g/mol. The molecule has 18 heavy (non-hydrogen) atoms. The number of hydrogen-bond acceptors (Lipinski definition) is 5. The molecule has 0 atom stereocenters. The summed E-state index contributed by atoms with van der Waals surface area (Å²) in [6, 6.07) is 1.40. The quantitative estimate of drug-likeness (QED) is 0.714. The number of rotatable bonds is 4. The molecule has 1 aliphatic heterocycles. The van der Waals surface area contributed by atoms with E-state index in [1.165, 1.54) is 16.6 Å². The van der Waals surface area contributed by atoms with Gasteiger partial charge in [0.25, 0.3) is 10.0 Å². The summed E-state index contributed by atoms with van der Waals surface area (Å²) in [7, 11) is -3.53. The zero-order chi connectivity index (χ0) is 13.2. The molecule has 0 spiro atoms. The normalized spacial score (nSPS) is 18.9. The predicted molar refractivity (Wildman–Crippen MR) is 61.4 cm³/mol. The smallest absolute Gasteiger partial charge is 0.317 e. The van der Waals surface area contributed by atoms with Gasteiger partial charge in [0, 0.05) is 26.2 Å². The van der Waals surface area contributed by atoms with Crippen LogP contribution in [-0.4, -0.2) is 71.6 Å². The Labute approximate surface area is 104 Å². The number of aromatic nitrogens is 2. The molecule has 2 rings (SSSR count). The topological polar surface area (TPSA) is 107 Å². The molecule has 0 aliphatic carbocycles. The lowest BCUT2D eigenvalue weighted by Crippen LogP contribution is -2.49. The number of carbonyl (C=O) groups is 1. The summed E-state index contributed by atoms with van der Waals surface area (Å²) in [5, 5.41) is 14.8. The number of aromatic amines is 1. The van der Waals surface area contributed by atoms with Crippen LogP contribution in [0.5, 0.6) is 0 Å². The van der Waals surface area contributed by atoms with Gasteiger partial charge >= 0.3 is 5.97 Å². The molecule has 0 saturated carbocycles. The summed E-state index contributed by atoms with van der Waals surface area (Å²) in [6.07, 6.45) is 1.38. The number of H-pyrrole nitrogens is 1. The highest BCUT2D eigenvalue weighted by molar-refractivity contribution is 7.89. The number of nitrogens with zero attached hydrogens (tertiary/aromatic N) is 3. The summed E-state index contributed by atoms with van der Waals surface area (Å²) in [5.41, 5.74) is 0. The molecular formula is C9H14N4O4S. The Bertz CT molecular complexity index is 505. The molecule has 9 heteroatoms. The van der Waals surface area contributed by atoms with Gasteiger partial charge in [-0.15, -0.1) is 0 Å². The van der Waals surface area contributed by atoms with Gasteiger partial charge in [0.1, 0.15) is 0 Å². The first-order chi connectivity index (χ1) is 8.50. The maximum Gasteiger partial charge on any atom is 0.317 e. The van der Waals surface area contributed by atoms with Gasteiger partial charge in [-0.05, 0) is 6.07 Å². The molecule has 1 aromatic rings. The fraction of sp³-hybridized carbons (Fsp3) is 0.556. The van der Waals surface area contributed by atoms with Crippen molar-refractivity contribution in [3.05, 3.63) is 12.3 Å². The zero-order valence-corrected chi connectivity index (χ0v) is 10.4. The van der Waals surface area contributed by atoms with Gasteiger partial charge in [0.2, 0.25) is 0 Å². The Balaban J connectivity index is 2.00. The van der Waals surface area contributed by atoms with E-state index in [1.807, 2.05) is 0 Å². The molecule has 0 amide bonds. The lowest BCUT2D eigenvalue weighted by Gasteiger charge is -2.32. The third-order valence-electron chi connectivity index (χ3n) is 2.78. The Hall–Kier alpha value is -1.45. The van der Waals surface area contributed by atoms with Crippen molar-refractivity contribution in [2.45, 2.75) is 5.03 Å². The lowest BCUT2D eigenvalue weighted by molar-refractivity contribution is -0.138. The van der Waals surface area contributed by atoms with Crippen molar-refractivity contribution in [3.8, 4) is 0 Å². The number of carboxylic acids is 1. The van der Waals surface area contributed by atoms with Crippen molar-refractivity contribution in [3.63, 3.8) is 0 Å². The van der Waals surface area contributed by atoms with Crippen molar-refractivity contribution in [2.24, 2.45) is 0 Å². The fourth-order valence-electron chi connectivity index (χ4n) is 1.85. The van der Waals surface area contributed by atoms with Crippen molar-refractivity contribution in [1.82, 2.24) is 19.4 Å². The van der Waals surface area contributed by atoms with Crippen LogP contribution >= 0.6 is 0 Å². The summed E-state index contributed by atoms with van der Waals surface area (Å²) in [6.45, 7) is 1.35. The van der Waals surface area contributed by atoms with Gasteiger partial charge in [-0.1, -0.05) is 0 Å². The van der Waals surface area contributed by atoms with Gasteiger partial charge in [-0.25, -0.2) is 8.42 Å². The van der Waals surface area contributed by atoms with Crippen LogP contribution in [-0.2, 0) is 14.8 Å². The first-order valence-electron chi connectivity index (χ1n) is 5.44. The lowest BCUT2D eigenvalue weighted by atomic mass is 10.3. The van der Waals surface area contributed by atoms with E-state index in [1.54, 1.807) is 4.90 Å². The third kappa shape index (κ3) is 2.68. The Morgan fingerprint density at radius 3 is 2.56 bits per heavy atom. The van der Waals surface area contributed by atoms with Crippen LogP contribution in [0.1, 0.15) is 0 Å². The van der Waals surface area contributed by atoms with Crippen molar-refractivity contribution in [2.75, 3.05) is 32.7 Å². The Morgan fingerprint density at radius 1 is 1.39 bits per heavy atom. The molecule has 100 valence electrons. The summed E-state index contributed by atoms with van der Waals surface area (Å²) >= 11 is 0. The molecule has 1 aliphatic rings. The molecule has 1 saturated heterocycles. The van der Waals surface area contributed by atoms with Gasteiger partial charge in [0.15, 0.2) is 5.03 Å². The number of hydrogen-bond donors (Lipinski definition) is 2. The standard InChI is InChI=1S/C9H14N4O4S/c14-9(15)7-12-3-5-13(6-4-12)18(16,17)8-1-2-10-11-8/h1-2H,3-7H2,(H,10,11)(H,14,15). The molecule has 0 unspecified atom stereocenters. The average Bonchev–Trinajstić information content (AvgIpc) is 2.83. The number of piperazine rings is 1. The third-order valence-corrected chi connectivity index (χ3v) is 4.61. The van der Waals surface area contributed by atoms with Gasteiger partial charge in [0.05, 0.1) is 12.7 Å². The second-order valence-electron chi connectivity index (χ2n) is 3.99. The van der Waals surface area contributed by atoms with Crippen LogP contribution < -0.4 is 0 Å². The van der Waals surface area contributed by atoms with Gasteiger partial charge < -0.3 is 5.11 Å². The maximum atomic E-state index is 12.1. The molecular weight excluding hydrogens is 260 g/mol. The van der Waals surface area contributed by atoms with E-state index >= 15 is 0 Å². The van der Waals surface area contributed by atoms with E-state index < -0.39 is 16.0 Å². The molecule has 1 fully saturated rings. The van der Waals surface area contributed by atoms with Crippen LogP contribution in [0.3, 0.4) is 0 Å². The second-order valence-corrected chi connectivity index (χ2v) is 5.90. The van der Waals surface area contributed by atoms with Crippen LogP contribution in [0.2, 0.25) is 0 Å². The SMILES string of the molecule is O=C(O)CN1CCN(S(=O)(=O)c2ccn[nH]2)CC1. The highest BCUT2D eigenvalue weighted by atomic mass is 32.2. The minimum absolute atomic E-state index is 0.0576. The van der Waals surface area contributed by atoms with Crippen LogP contribution in [0, 0.1) is 0 Å². The molecule has 0 bridgehead atoms. The maximum absolute atomic E-state index is 12.1. The number of sulfonamides is 1. The molecule has 1 aromatic heterocycles. The summed E-state index contributed by atoms with van der Waals surface area (Å²) in [5.74, 6) is -0.903. The highest BCUT2D eigenvalue weighted by Gasteiger charge is 2.29. The minimum atomic E-state index is -3.53. The minimum Gasteiger partial charge on any atom is -0.480 e. The van der Waals surface area contributed by atoms with E-state index in [2.05, 4.69) is 10.2 Å². The van der Waals surface area contributed by atoms with E-state index in [0.717, 1.165) is 0 Å². The van der Waals surface area contributed by atoms with Crippen molar-refractivity contribution in [1.29, 1.82) is 0 Å². The van der Waals surface area contributed by atoms with Gasteiger partial charge in [-0.3, -0.25) is 14.8 Å². The van der Waals surface area contributed by atoms with E-state index in [4.69, 9.17) is 5.11 Å². The van der Waals surface area contributed by atoms with Crippen LogP contribution in [0.4, 0.5) is 0 Å².